The molecule has 0 atom stereocenters. The number of piperidine rings is 1. The predicted molar refractivity (Wildman–Crippen MR) is 70.4 cm³/mol. The van der Waals surface area contributed by atoms with Gasteiger partial charge in [0.15, 0.2) is 0 Å². The molecule has 0 unspecified atom stereocenters. The van der Waals surface area contributed by atoms with Crippen LogP contribution in [0.25, 0.3) is 0 Å². The molecule has 0 spiro atoms. The Labute approximate surface area is 99.0 Å². The van der Waals surface area contributed by atoms with E-state index in [2.05, 4.69) is 25.0 Å². The highest BCUT2D eigenvalue weighted by molar-refractivity contribution is 8.00. The van der Waals surface area contributed by atoms with E-state index in [9.17, 15) is 0 Å². The highest BCUT2D eigenvalue weighted by Gasteiger charge is 2.32. The van der Waals surface area contributed by atoms with Gasteiger partial charge >= 0.3 is 0 Å². The van der Waals surface area contributed by atoms with Crippen molar-refractivity contribution in [3.05, 3.63) is 0 Å². The first-order valence-corrected chi connectivity index (χ1v) is 7.32. The van der Waals surface area contributed by atoms with Crippen LogP contribution in [-0.4, -0.2) is 42.1 Å². The van der Waals surface area contributed by atoms with Gasteiger partial charge in [-0.1, -0.05) is 13.8 Å². The van der Waals surface area contributed by atoms with E-state index in [4.69, 9.17) is 5.73 Å². The number of thioether (sulfide) groups is 1. The van der Waals surface area contributed by atoms with Crippen molar-refractivity contribution in [2.75, 3.05) is 32.4 Å². The van der Waals surface area contributed by atoms with Gasteiger partial charge in [-0.25, -0.2) is 0 Å². The van der Waals surface area contributed by atoms with Crippen molar-refractivity contribution in [3.63, 3.8) is 0 Å². The standard InChI is InChI=1S/C12H26N2S/c1-11(2)4-7-14-8-5-12(10-13,15-3)6-9-14/h11H,4-10,13H2,1-3H3. The molecule has 90 valence electrons. The van der Waals surface area contributed by atoms with Gasteiger partial charge in [0.25, 0.3) is 0 Å². The lowest BCUT2D eigenvalue weighted by Gasteiger charge is -2.40. The van der Waals surface area contributed by atoms with Crippen molar-refractivity contribution in [1.82, 2.24) is 4.90 Å². The lowest BCUT2D eigenvalue weighted by Crippen LogP contribution is -2.46. The first-order valence-electron chi connectivity index (χ1n) is 6.09. The average molecular weight is 230 g/mol. The average Bonchev–Trinajstić information content (AvgIpc) is 2.27. The summed E-state index contributed by atoms with van der Waals surface area (Å²) in [7, 11) is 0. The maximum atomic E-state index is 5.88. The van der Waals surface area contributed by atoms with Crippen LogP contribution in [0.1, 0.15) is 33.1 Å². The Balaban J connectivity index is 2.28. The summed E-state index contributed by atoms with van der Waals surface area (Å²) in [5.74, 6) is 0.826. The largest absolute Gasteiger partial charge is 0.329 e. The Morgan fingerprint density at radius 3 is 2.33 bits per heavy atom. The predicted octanol–water partition coefficient (Wildman–Crippen LogP) is 2.19. The third kappa shape index (κ3) is 3.97. The Bertz CT molecular complexity index is 168. The molecule has 2 nitrogen and oxygen atoms in total. The van der Waals surface area contributed by atoms with Gasteiger partial charge in [0.1, 0.15) is 0 Å². The van der Waals surface area contributed by atoms with E-state index in [-0.39, 0.29) is 0 Å². The van der Waals surface area contributed by atoms with Crippen LogP contribution in [0.15, 0.2) is 0 Å². The summed E-state index contributed by atoms with van der Waals surface area (Å²) in [5.41, 5.74) is 5.88. The second-order valence-electron chi connectivity index (χ2n) is 5.12. The second-order valence-corrected chi connectivity index (χ2v) is 6.39. The first kappa shape index (κ1) is 13.3. The molecule has 0 amide bonds. The van der Waals surface area contributed by atoms with Crippen LogP contribution in [0.2, 0.25) is 0 Å². The Morgan fingerprint density at radius 2 is 1.93 bits per heavy atom. The fraction of sp³-hybridized carbons (Fsp3) is 1.00. The van der Waals surface area contributed by atoms with Gasteiger partial charge in [-0.2, -0.15) is 11.8 Å². The van der Waals surface area contributed by atoms with Crippen molar-refractivity contribution in [1.29, 1.82) is 0 Å². The molecule has 3 heteroatoms. The van der Waals surface area contributed by atoms with Crippen molar-refractivity contribution < 1.29 is 0 Å². The topological polar surface area (TPSA) is 29.3 Å². The highest BCUT2D eigenvalue weighted by atomic mass is 32.2. The van der Waals surface area contributed by atoms with Crippen LogP contribution >= 0.6 is 11.8 Å². The van der Waals surface area contributed by atoms with E-state index >= 15 is 0 Å². The van der Waals surface area contributed by atoms with Crippen molar-refractivity contribution in [2.24, 2.45) is 11.7 Å². The molecule has 0 aromatic carbocycles. The zero-order valence-corrected chi connectivity index (χ0v) is 11.3. The molecule has 1 rings (SSSR count). The Morgan fingerprint density at radius 1 is 1.33 bits per heavy atom. The van der Waals surface area contributed by atoms with Crippen molar-refractivity contribution >= 4 is 11.8 Å². The lowest BCUT2D eigenvalue weighted by atomic mass is 9.95. The monoisotopic (exact) mass is 230 g/mol. The molecule has 15 heavy (non-hydrogen) atoms. The van der Waals surface area contributed by atoms with Gasteiger partial charge in [-0.05, 0) is 51.1 Å². The summed E-state index contributed by atoms with van der Waals surface area (Å²) in [4.78, 5) is 2.60. The quantitative estimate of drug-likeness (QED) is 0.785. The summed E-state index contributed by atoms with van der Waals surface area (Å²) in [6, 6.07) is 0. The summed E-state index contributed by atoms with van der Waals surface area (Å²) in [6.07, 6.45) is 6.07. The van der Waals surface area contributed by atoms with Gasteiger partial charge in [-0.15, -0.1) is 0 Å². The van der Waals surface area contributed by atoms with Crippen LogP contribution in [0, 0.1) is 5.92 Å². The zero-order chi connectivity index (χ0) is 11.3. The molecule has 0 aromatic heterocycles. The smallest absolute Gasteiger partial charge is 0.0303 e. The molecule has 0 aliphatic carbocycles. The molecule has 0 saturated carbocycles. The van der Waals surface area contributed by atoms with Crippen LogP contribution < -0.4 is 5.73 Å². The number of hydrogen-bond acceptors (Lipinski definition) is 3. The first-order chi connectivity index (χ1) is 7.12. The van der Waals surface area contributed by atoms with Crippen LogP contribution in [-0.2, 0) is 0 Å². The number of rotatable bonds is 5. The molecule has 1 fully saturated rings. The summed E-state index contributed by atoms with van der Waals surface area (Å²) in [6.45, 7) is 9.19. The third-order valence-electron chi connectivity index (χ3n) is 3.59. The van der Waals surface area contributed by atoms with Crippen LogP contribution in [0.3, 0.4) is 0 Å². The minimum absolute atomic E-state index is 0.383. The summed E-state index contributed by atoms with van der Waals surface area (Å²) in [5, 5.41) is 0. The molecule has 2 N–H and O–H groups in total. The molecule has 0 radical (unpaired) electrons. The van der Waals surface area contributed by atoms with Gasteiger partial charge in [0.05, 0.1) is 0 Å². The highest BCUT2D eigenvalue weighted by Crippen LogP contribution is 2.33. The van der Waals surface area contributed by atoms with Crippen molar-refractivity contribution in [2.45, 2.75) is 37.9 Å². The van der Waals surface area contributed by atoms with E-state index in [1.54, 1.807) is 0 Å². The Hall–Kier alpha value is 0.270. The van der Waals surface area contributed by atoms with Crippen LogP contribution in [0.4, 0.5) is 0 Å². The molecular weight excluding hydrogens is 204 g/mol. The van der Waals surface area contributed by atoms with Gasteiger partial charge in [0.2, 0.25) is 0 Å². The fourth-order valence-corrected chi connectivity index (χ4v) is 2.87. The molecule has 0 bridgehead atoms. The normalized spacial score (nSPS) is 22.2. The number of nitrogens with two attached hydrogens (primary N) is 1. The van der Waals surface area contributed by atoms with Gasteiger partial charge in [-0.3, -0.25) is 0 Å². The van der Waals surface area contributed by atoms with E-state index < -0.39 is 0 Å². The zero-order valence-electron chi connectivity index (χ0n) is 10.5. The van der Waals surface area contributed by atoms with Gasteiger partial charge in [0, 0.05) is 11.3 Å². The van der Waals surface area contributed by atoms with E-state index in [1.807, 2.05) is 11.8 Å². The minimum Gasteiger partial charge on any atom is -0.329 e. The molecule has 1 heterocycles. The molecule has 1 aliphatic heterocycles. The lowest BCUT2D eigenvalue weighted by molar-refractivity contribution is 0.193. The molecule has 1 saturated heterocycles. The van der Waals surface area contributed by atoms with E-state index in [0.717, 1.165) is 12.5 Å². The Kier molecular flexibility index (Phi) is 5.44. The maximum Gasteiger partial charge on any atom is 0.0303 e. The number of nitrogens with zero attached hydrogens (tertiary/aromatic N) is 1. The molecule has 0 aromatic rings. The second kappa shape index (κ2) is 6.12. The molecular formula is C12H26N2S. The summed E-state index contributed by atoms with van der Waals surface area (Å²) >= 11 is 1.97. The minimum atomic E-state index is 0.383. The third-order valence-corrected chi connectivity index (χ3v) is 5.04. The summed E-state index contributed by atoms with van der Waals surface area (Å²) < 4.78 is 0.383. The maximum absolute atomic E-state index is 5.88. The molecule has 1 aliphatic rings. The number of likely N-dealkylation sites (tertiary alicyclic amines) is 1. The number of hydrogen-bond donors (Lipinski definition) is 1. The fourth-order valence-electron chi connectivity index (χ4n) is 2.12. The van der Waals surface area contributed by atoms with Crippen molar-refractivity contribution in [3.8, 4) is 0 Å². The van der Waals surface area contributed by atoms with E-state index in [1.165, 1.54) is 38.9 Å². The SMILES string of the molecule is CSC1(CN)CCN(CCC(C)C)CC1. The van der Waals surface area contributed by atoms with E-state index in [0.29, 0.717) is 4.75 Å². The van der Waals surface area contributed by atoms with Gasteiger partial charge < -0.3 is 10.6 Å². The van der Waals surface area contributed by atoms with Crippen LogP contribution in [0.5, 0.6) is 0 Å².